The summed E-state index contributed by atoms with van der Waals surface area (Å²) in [5.74, 6) is 1.62. The highest BCUT2D eigenvalue weighted by Crippen LogP contribution is 2.31. The third kappa shape index (κ3) is 6.58. The minimum atomic E-state index is 0.115. The second-order valence-electron chi connectivity index (χ2n) is 9.97. The molecule has 1 aromatic heterocycles. The van der Waals surface area contributed by atoms with E-state index in [9.17, 15) is 10.0 Å². The third-order valence-electron chi connectivity index (χ3n) is 7.47. The molecule has 1 aromatic carbocycles. The van der Waals surface area contributed by atoms with E-state index >= 15 is 0 Å². The molecule has 8 nitrogen and oxygen atoms in total. The van der Waals surface area contributed by atoms with Crippen LogP contribution in [0.2, 0.25) is 0 Å². The van der Waals surface area contributed by atoms with E-state index in [2.05, 4.69) is 20.1 Å². The summed E-state index contributed by atoms with van der Waals surface area (Å²) in [6.45, 7) is 2.35. The van der Waals surface area contributed by atoms with Crippen molar-refractivity contribution in [2.75, 3.05) is 31.6 Å². The number of para-hydroxylation sites is 1. The molecule has 0 aliphatic heterocycles. The summed E-state index contributed by atoms with van der Waals surface area (Å²) in [7, 11) is 1.89. The molecule has 184 valence electrons. The first-order chi connectivity index (χ1) is 16.6. The molecule has 1 heterocycles. The van der Waals surface area contributed by atoms with Gasteiger partial charge >= 0.3 is 6.03 Å². The van der Waals surface area contributed by atoms with E-state index in [0.717, 1.165) is 49.2 Å². The smallest absolute Gasteiger partial charge is 0.324 e. The molecule has 0 atom stereocenters. The first-order valence-electron chi connectivity index (χ1n) is 12.8. The Kier molecular flexibility index (Phi) is 8.55. The van der Waals surface area contributed by atoms with Crippen LogP contribution in [0.1, 0.15) is 57.8 Å². The number of anilines is 1. The topological polar surface area (TPSA) is 86.9 Å². The molecule has 2 saturated carbocycles. The highest BCUT2D eigenvalue weighted by molar-refractivity contribution is 5.91. The van der Waals surface area contributed by atoms with E-state index in [1.165, 1.54) is 44.5 Å². The van der Waals surface area contributed by atoms with Crippen molar-refractivity contribution in [3.8, 4) is 0 Å². The number of hydrogen-bond donors (Lipinski definition) is 1. The summed E-state index contributed by atoms with van der Waals surface area (Å²) < 4.78 is 0.913. The van der Waals surface area contributed by atoms with E-state index < -0.39 is 0 Å². The van der Waals surface area contributed by atoms with Crippen LogP contribution in [0, 0.1) is 17.8 Å². The van der Waals surface area contributed by atoms with Gasteiger partial charge in [-0.3, -0.25) is 4.90 Å². The van der Waals surface area contributed by atoms with Gasteiger partial charge in [-0.05, 0) is 68.4 Å². The quantitative estimate of drug-likeness (QED) is 0.614. The van der Waals surface area contributed by atoms with E-state index in [1.54, 1.807) is 4.90 Å². The molecule has 0 spiro atoms. The Morgan fingerprint density at radius 1 is 1.00 bits per heavy atom. The Labute approximate surface area is 202 Å². The standard InChI is InChI=1S/C26H38N6O2/c1-30(24-10-6-3-7-11-24)26(33)31(19-22-8-4-2-5-9-22)20-23-14-12-21(13-15-23)18-27-25-29-28-16-17-32(25)34/h3,6-7,10-11,16-17,21-23,34H,2,4-5,8-9,12-15,18-20H2,1H3. The van der Waals surface area contributed by atoms with Gasteiger partial charge in [-0.1, -0.05) is 37.5 Å². The number of benzene rings is 1. The van der Waals surface area contributed by atoms with Crippen LogP contribution >= 0.6 is 0 Å². The van der Waals surface area contributed by atoms with Crippen LogP contribution in [-0.4, -0.2) is 57.7 Å². The molecule has 2 aromatic rings. The lowest BCUT2D eigenvalue weighted by atomic mass is 9.81. The lowest BCUT2D eigenvalue weighted by molar-refractivity contribution is 0.154. The van der Waals surface area contributed by atoms with Crippen molar-refractivity contribution >= 4 is 11.7 Å². The predicted octanol–water partition coefficient (Wildman–Crippen LogP) is 4.36. The van der Waals surface area contributed by atoms with E-state index in [1.807, 2.05) is 37.4 Å². The van der Waals surface area contributed by atoms with Crippen LogP contribution in [0.4, 0.5) is 10.5 Å². The van der Waals surface area contributed by atoms with Crippen LogP contribution < -0.4 is 10.5 Å². The average molecular weight is 467 g/mol. The van der Waals surface area contributed by atoms with Crippen molar-refractivity contribution < 1.29 is 10.0 Å². The van der Waals surface area contributed by atoms with Gasteiger partial charge in [-0.25, -0.2) is 9.79 Å². The predicted molar refractivity (Wildman–Crippen MR) is 131 cm³/mol. The molecule has 2 aliphatic carbocycles. The van der Waals surface area contributed by atoms with Crippen LogP contribution in [0.15, 0.2) is 47.7 Å². The number of carbonyl (C=O) groups is 1. The zero-order valence-electron chi connectivity index (χ0n) is 20.3. The summed E-state index contributed by atoms with van der Waals surface area (Å²) in [6, 6.07) is 10.1. The maximum Gasteiger partial charge on any atom is 0.324 e. The number of hydrogen-bond acceptors (Lipinski definition) is 5. The summed E-state index contributed by atoms with van der Waals surface area (Å²) >= 11 is 0. The summed E-state index contributed by atoms with van der Waals surface area (Å²) in [4.78, 5) is 21.9. The van der Waals surface area contributed by atoms with Crippen molar-refractivity contribution in [2.45, 2.75) is 57.8 Å². The van der Waals surface area contributed by atoms with Crippen LogP contribution in [0.25, 0.3) is 0 Å². The Hall–Kier alpha value is -2.90. The van der Waals surface area contributed by atoms with Crippen LogP contribution in [0.5, 0.6) is 0 Å². The number of nitrogens with zero attached hydrogens (tertiary/aromatic N) is 6. The number of aromatic nitrogens is 3. The maximum atomic E-state index is 13.5. The highest BCUT2D eigenvalue weighted by Gasteiger charge is 2.28. The average Bonchev–Trinajstić information content (AvgIpc) is 2.89. The minimum Gasteiger partial charge on any atom is -0.425 e. The van der Waals surface area contributed by atoms with E-state index in [0.29, 0.717) is 24.3 Å². The number of carbonyl (C=O) groups excluding carboxylic acids is 1. The molecular weight excluding hydrogens is 428 g/mol. The third-order valence-corrected chi connectivity index (χ3v) is 7.47. The second-order valence-corrected chi connectivity index (χ2v) is 9.97. The normalized spacial score (nSPS) is 21.9. The lowest BCUT2D eigenvalue weighted by Crippen LogP contribution is -2.46. The molecule has 2 fully saturated rings. The molecule has 2 amide bonds. The molecule has 0 bridgehead atoms. The molecule has 4 rings (SSSR count). The van der Waals surface area contributed by atoms with Gasteiger partial charge < -0.3 is 10.1 Å². The van der Waals surface area contributed by atoms with Crippen LogP contribution in [0.3, 0.4) is 0 Å². The van der Waals surface area contributed by atoms with Gasteiger partial charge in [0.15, 0.2) is 0 Å². The zero-order chi connectivity index (χ0) is 23.8. The number of urea groups is 1. The Bertz CT molecular complexity index is 965. The summed E-state index contributed by atoms with van der Waals surface area (Å²) in [5, 5.41) is 17.4. The van der Waals surface area contributed by atoms with Crippen molar-refractivity contribution in [2.24, 2.45) is 22.7 Å². The van der Waals surface area contributed by atoms with Gasteiger partial charge in [0.2, 0.25) is 0 Å². The largest absolute Gasteiger partial charge is 0.425 e. The zero-order valence-corrected chi connectivity index (χ0v) is 20.3. The summed E-state index contributed by atoms with van der Waals surface area (Å²) in [6.07, 6.45) is 13.6. The molecule has 0 unspecified atom stereocenters. The van der Waals surface area contributed by atoms with Crippen molar-refractivity contribution in [3.63, 3.8) is 0 Å². The molecule has 2 aliphatic rings. The Balaban J connectivity index is 1.35. The van der Waals surface area contributed by atoms with E-state index in [4.69, 9.17) is 0 Å². The number of rotatable bonds is 7. The van der Waals surface area contributed by atoms with E-state index in [-0.39, 0.29) is 11.6 Å². The fourth-order valence-electron chi connectivity index (χ4n) is 5.40. The molecule has 8 heteroatoms. The molecular formula is C26H38N6O2. The van der Waals surface area contributed by atoms with Gasteiger partial charge in [-0.2, -0.15) is 9.83 Å². The second kappa shape index (κ2) is 12.0. The Morgan fingerprint density at radius 2 is 1.65 bits per heavy atom. The van der Waals surface area contributed by atoms with Gasteiger partial charge in [0.05, 0.1) is 12.4 Å². The highest BCUT2D eigenvalue weighted by atomic mass is 16.5. The van der Waals surface area contributed by atoms with Gasteiger partial charge in [0.1, 0.15) is 0 Å². The summed E-state index contributed by atoms with van der Waals surface area (Å²) in [5.41, 5.74) is 1.19. The molecule has 0 saturated heterocycles. The maximum absolute atomic E-state index is 13.5. The lowest BCUT2D eigenvalue weighted by Gasteiger charge is -2.37. The number of amides is 2. The molecule has 1 N–H and O–H groups in total. The van der Waals surface area contributed by atoms with Crippen LogP contribution in [-0.2, 0) is 0 Å². The van der Waals surface area contributed by atoms with Crippen molar-refractivity contribution in [1.82, 2.24) is 19.8 Å². The van der Waals surface area contributed by atoms with Crippen molar-refractivity contribution in [1.29, 1.82) is 0 Å². The SMILES string of the molecule is CN(C(=O)N(CC1CCCCC1)CC1CCC(CN=c2nnccn2O)CC1)c1ccccc1. The van der Waals surface area contributed by atoms with Crippen molar-refractivity contribution in [3.05, 3.63) is 48.3 Å². The first-order valence-corrected chi connectivity index (χ1v) is 12.8. The fourth-order valence-corrected chi connectivity index (χ4v) is 5.40. The molecule has 34 heavy (non-hydrogen) atoms. The van der Waals surface area contributed by atoms with Gasteiger partial charge in [0, 0.05) is 32.4 Å². The first kappa shape index (κ1) is 24.2. The minimum absolute atomic E-state index is 0.115. The van der Waals surface area contributed by atoms with Gasteiger partial charge in [0.25, 0.3) is 5.62 Å². The van der Waals surface area contributed by atoms with Gasteiger partial charge in [-0.15, -0.1) is 5.10 Å². The Morgan fingerprint density at radius 3 is 2.32 bits per heavy atom. The monoisotopic (exact) mass is 466 g/mol. The fraction of sp³-hybridized carbons (Fsp3) is 0.615. The molecule has 0 radical (unpaired) electrons.